The third kappa shape index (κ3) is 5.01. The van der Waals surface area contributed by atoms with Gasteiger partial charge in [0.05, 0.1) is 31.4 Å². The number of nitro groups is 1. The van der Waals surface area contributed by atoms with Gasteiger partial charge >= 0.3 is 17.8 Å². The summed E-state index contributed by atoms with van der Waals surface area (Å²) in [5.41, 5.74) is 0.237. The first-order valence-corrected chi connectivity index (χ1v) is 7.39. The van der Waals surface area contributed by atoms with Gasteiger partial charge in [0.2, 0.25) is 5.91 Å². The molecule has 0 aliphatic heterocycles. The molecule has 1 amide bonds. The van der Waals surface area contributed by atoms with Crippen LogP contribution in [0.2, 0.25) is 0 Å². The minimum atomic E-state index is -0.704. The predicted octanol–water partition coefficient (Wildman–Crippen LogP) is 2.41. The fourth-order valence-corrected chi connectivity index (χ4v) is 2.04. The maximum Gasteiger partial charge on any atom is 0.433 e. The summed E-state index contributed by atoms with van der Waals surface area (Å²) in [6, 6.07) is 6.39. The highest BCUT2D eigenvalue weighted by molar-refractivity contribution is 6.04. The van der Waals surface area contributed by atoms with E-state index in [1.54, 1.807) is 0 Å². The minimum Gasteiger partial charge on any atom is -0.465 e. The number of amides is 1. The van der Waals surface area contributed by atoms with Gasteiger partial charge in [-0.15, -0.1) is 0 Å². The zero-order valence-corrected chi connectivity index (χ0v) is 14.3. The third-order valence-corrected chi connectivity index (χ3v) is 3.23. The first-order valence-electron chi connectivity index (χ1n) is 7.39. The minimum absolute atomic E-state index is 0.0429. The van der Waals surface area contributed by atoms with Crippen LogP contribution in [0.25, 0.3) is 6.08 Å². The highest BCUT2D eigenvalue weighted by Gasteiger charge is 2.15. The van der Waals surface area contributed by atoms with E-state index in [-0.39, 0.29) is 22.6 Å². The molecule has 0 bridgehead atoms. The van der Waals surface area contributed by atoms with Crippen molar-refractivity contribution in [2.45, 2.75) is 0 Å². The molecule has 1 heterocycles. The highest BCUT2D eigenvalue weighted by atomic mass is 16.6. The second kappa shape index (κ2) is 8.43. The van der Waals surface area contributed by atoms with Crippen molar-refractivity contribution in [1.82, 2.24) is 0 Å². The number of carbonyl (C=O) groups is 3. The summed E-state index contributed by atoms with van der Waals surface area (Å²) in [5.74, 6) is -2.37. The monoisotopic (exact) mass is 374 g/mol. The summed E-state index contributed by atoms with van der Waals surface area (Å²) in [5, 5.41) is 13.0. The first-order chi connectivity index (χ1) is 12.8. The van der Waals surface area contributed by atoms with E-state index < -0.39 is 28.7 Å². The number of carbonyl (C=O) groups excluding carboxylic acids is 3. The van der Waals surface area contributed by atoms with E-state index in [2.05, 4.69) is 14.8 Å². The van der Waals surface area contributed by atoms with Gasteiger partial charge in [0.15, 0.2) is 0 Å². The Morgan fingerprint density at radius 2 is 1.67 bits per heavy atom. The standard InChI is InChI=1S/C17H14N2O8/c1-25-16(21)10-7-11(17(22)26-2)9-12(8-10)18-14(20)5-3-13-4-6-15(27-13)19(23)24/h3-9H,1-2H3,(H,18,20)/b5-3-. The number of methoxy groups -OCH3 is 2. The lowest BCUT2D eigenvalue weighted by Crippen LogP contribution is -2.12. The maximum absolute atomic E-state index is 12.0. The molecule has 1 aromatic carbocycles. The van der Waals surface area contributed by atoms with Gasteiger partial charge in [0, 0.05) is 11.8 Å². The Balaban J connectivity index is 2.20. The molecule has 0 spiro atoms. The summed E-state index contributed by atoms with van der Waals surface area (Å²) in [4.78, 5) is 45.3. The Bertz CT molecular complexity index is 895. The molecule has 10 heteroatoms. The Kier molecular flexibility index (Phi) is 6.05. The molecule has 140 valence electrons. The molecule has 1 N–H and O–H groups in total. The van der Waals surface area contributed by atoms with Crippen LogP contribution in [0.15, 0.2) is 40.8 Å². The van der Waals surface area contributed by atoms with Crippen LogP contribution in [0, 0.1) is 10.1 Å². The number of nitrogens with zero attached hydrogens (tertiary/aromatic N) is 1. The number of hydrogen-bond donors (Lipinski definition) is 1. The number of nitrogens with one attached hydrogen (secondary N) is 1. The Morgan fingerprint density at radius 3 is 2.15 bits per heavy atom. The zero-order valence-electron chi connectivity index (χ0n) is 14.3. The Labute approximate surface area is 152 Å². The van der Waals surface area contributed by atoms with Crippen LogP contribution < -0.4 is 5.32 Å². The molecule has 1 aromatic heterocycles. The molecule has 27 heavy (non-hydrogen) atoms. The van der Waals surface area contributed by atoms with Gasteiger partial charge < -0.3 is 19.2 Å². The van der Waals surface area contributed by atoms with Gasteiger partial charge in [0.25, 0.3) is 0 Å². The number of ether oxygens (including phenoxy) is 2. The van der Waals surface area contributed by atoms with E-state index in [1.807, 2.05) is 0 Å². The van der Waals surface area contributed by atoms with Crippen LogP contribution in [0.4, 0.5) is 11.6 Å². The summed E-state index contributed by atoms with van der Waals surface area (Å²) >= 11 is 0. The van der Waals surface area contributed by atoms with E-state index >= 15 is 0 Å². The molecule has 2 rings (SSSR count). The second-order valence-electron chi connectivity index (χ2n) is 5.04. The molecular weight excluding hydrogens is 360 g/mol. The summed E-state index contributed by atoms with van der Waals surface area (Å²) in [7, 11) is 2.35. The SMILES string of the molecule is COC(=O)c1cc(NC(=O)/C=C\c2ccc([N+](=O)[O-])o2)cc(C(=O)OC)c1. The number of furan rings is 1. The van der Waals surface area contributed by atoms with Crippen molar-refractivity contribution in [2.75, 3.05) is 19.5 Å². The lowest BCUT2D eigenvalue weighted by atomic mass is 10.1. The maximum atomic E-state index is 12.0. The molecule has 0 fully saturated rings. The third-order valence-electron chi connectivity index (χ3n) is 3.23. The lowest BCUT2D eigenvalue weighted by molar-refractivity contribution is -0.402. The van der Waals surface area contributed by atoms with E-state index in [0.717, 1.165) is 12.1 Å². The fraction of sp³-hybridized carbons (Fsp3) is 0.118. The molecule has 0 unspecified atom stereocenters. The molecular formula is C17H14N2O8. The molecule has 0 atom stereocenters. The normalized spacial score (nSPS) is 10.4. The number of rotatable bonds is 6. The molecule has 0 saturated heterocycles. The van der Waals surface area contributed by atoms with Crippen molar-refractivity contribution in [3.05, 3.63) is 63.4 Å². The van der Waals surface area contributed by atoms with Gasteiger partial charge in [-0.1, -0.05) is 0 Å². The van der Waals surface area contributed by atoms with Crippen LogP contribution in [-0.2, 0) is 14.3 Å². The molecule has 0 aliphatic carbocycles. The molecule has 10 nitrogen and oxygen atoms in total. The number of hydrogen-bond acceptors (Lipinski definition) is 8. The average molecular weight is 374 g/mol. The first kappa shape index (κ1) is 19.4. The Morgan fingerprint density at radius 1 is 1.07 bits per heavy atom. The van der Waals surface area contributed by atoms with Gasteiger partial charge in [-0.2, -0.15) is 0 Å². The van der Waals surface area contributed by atoms with Gasteiger partial charge in [-0.25, -0.2) is 9.59 Å². The van der Waals surface area contributed by atoms with Crippen molar-refractivity contribution in [2.24, 2.45) is 0 Å². The van der Waals surface area contributed by atoms with Crippen molar-refractivity contribution < 1.29 is 33.2 Å². The Hall–Kier alpha value is -3.95. The van der Waals surface area contributed by atoms with Crippen molar-refractivity contribution in [3.63, 3.8) is 0 Å². The largest absolute Gasteiger partial charge is 0.465 e. The molecule has 0 radical (unpaired) electrons. The summed E-state index contributed by atoms with van der Waals surface area (Å²) in [6.45, 7) is 0. The zero-order chi connectivity index (χ0) is 20.0. The molecule has 0 aliphatic rings. The number of benzene rings is 1. The van der Waals surface area contributed by atoms with E-state index in [0.29, 0.717) is 0 Å². The summed E-state index contributed by atoms with van der Waals surface area (Å²) in [6.07, 6.45) is 2.30. The van der Waals surface area contributed by atoms with E-state index in [4.69, 9.17) is 4.42 Å². The molecule has 2 aromatic rings. The van der Waals surface area contributed by atoms with Crippen LogP contribution in [-0.4, -0.2) is 37.0 Å². The van der Waals surface area contributed by atoms with Gasteiger partial charge in [-0.05, 0) is 30.3 Å². The number of esters is 2. The smallest absolute Gasteiger partial charge is 0.433 e. The summed E-state index contributed by atoms with van der Waals surface area (Å²) < 4.78 is 14.1. The predicted molar refractivity (Wildman–Crippen MR) is 92.1 cm³/mol. The van der Waals surface area contributed by atoms with Crippen molar-refractivity contribution in [1.29, 1.82) is 0 Å². The quantitative estimate of drug-likeness (QED) is 0.352. The molecule has 0 saturated carbocycles. The van der Waals surface area contributed by atoms with E-state index in [9.17, 15) is 24.5 Å². The highest BCUT2D eigenvalue weighted by Crippen LogP contribution is 2.18. The van der Waals surface area contributed by atoms with Gasteiger partial charge in [0.1, 0.15) is 10.7 Å². The van der Waals surface area contributed by atoms with Crippen LogP contribution in [0.1, 0.15) is 26.5 Å². The second-order valence-corrected chi connectivity index (χ2v) is 5.04. The average Bonchev–Trinajstić information content (AvgIpc) is 3.14. The van der Waals surface area contributed by atoms with Crippen molar-refractivity contribution in [3.8, 4) is 0 Å². The lowest BCUT2D eigenvalue weighted by Gasteiger charge is -2.08. The van der Waals surface area contributed by atoms with Crippen LogP contribution in [0.5, 0.6) is 0 Å². The van der Waals surface area contributed by atoms with E-state index in [1.165, 1.54) is 44.6 Å². The topological polar surface area (TPSA) is 138 Å². The van der Waals surface area contributed by atoms with Crippen molar-refractivity contribution >= 4 is 35.5 Å². The van der Waals surface area contributed by atoms with Crippen LogP contribution >= 0.6 is 0 Å². The fourth-order valence-electron chi connectivity index (χ4n) is 2.04. The van der Waals surface area contributed by atoms with Gasteiger partial charge in [-0.3, -0.25) is 14.9 Å². The van der Waals surface area contributed by atoms with Crippen LogP contribution in [0.3, 0.4) is 0 Å². The number of anilines is 1.